The van der Waals surface area contributed by atoms with Crippen molar-refractivity contribution in [2.45, 2.75) is 72.8 Å². The second-order valence-electron chi connectivity index (χ2n) is 9.59. The van der Waals surface area contributed by atoms with Crippen LogP contribution < -0.4 is 0 Å². The zero-order chi connectivity index (χ0) is 22.1. The van der Waals surface area contributed by atoms with Crippen LogP contribution in [0, 0.1) is 22.7 Å². The van der Waals surface area contributed by atoms with Gasteiger partial charge in [0.15, 0.2) is 0 Å². The van der Waals surface area contributed by atoms with Crippen LogP contribution in [-0.2, 0) is 20.7 Å². The van der Waals surface area contributed by atoms with Gasteiger partial charge in [0.25, 0.3) is 0 Å². The van der Waals surface area contributed by atoms with Crippen molar-refractivity contribution in [3.8, 4) is 0 Å². The molecule has 0 aliphatic heterocycles. The van der Waals surface area contributed by atoms with Gasteiger partial charge in [-0.2, -0.15) is 0 Å². The lowest BCUT2D eigenvalue weighted by Crippen LogP contribution is -2.56. The number of carboxylic acid groups (broad SMARTS) is 1. The summed E-state index contributed by atoms with van der Waals surface area (Å²) in [5.74, 6) is -0.925. The molecule has 0 spiro atoms. The number of rotatable bonds is 6. The van der Waals surface area contributed by atoms with E-state index in [1.54, 1.807) is 32.4 Å². The Balaban J connectivity index is 1.93. The van der Waals surface area contributed by atoms with Gasteiger partial charge in [0, 0.05) is 12.0 Å². The number of aryl methyl sites for hydroxylation is 1. The van der Waals surface area contributed by atoms with E-state index in [1.165, 1.54) is 5.57 Å². The molecule has 0 unspecified atom stereocenters. The third-order valence-electron chi connectivity index (χ3n) is 7.72. The van der Waals surface area contributed by atoms with Crippen molar-refractivity contribution < 1.29 is 23.8 Å². The summed E-state index contributed by atoms with van der Waals surface area (Å²) in [5, 5.41) is 10.2. The number of allylic oxidation sites excluding steroid dienone is 3. The lowest BCUT2D eigenvalue weighted by atomic mass is 9.47. The Morgan fingerprint density at radius 3 is 2.67 bits per heavy atom. The van der Waals surface area contributed by atoms with Gasteiger partial charge in [-0.1, -0.05) is 24.6 Å². The quantitative estimate of drug-likeness (QED) is 0.374. The topological polar surface area (TPSA) is 76.7 Å². The van der Waals surface area contributed by atoms with Crippen LogP contribution in [0.2, 0.25) is 0 Å². The lowest BCUT2D eigenvalue weighted by Gasteiger charge is -2.57. The highest BCUT2D eigenvalue weighted by atomic mass is 16.5. The summed E-state index contributed by atoms with van der Waals surface area (Å²) in [4.78, 5) is 24.9. The fraction of sp³-hybridized carbons (Fsp3) is 0.600. The molecule has 1 fully saturated rings. The number of carbonyl (C=O) groups excluding carboxylic acids is 1. The average Bonchev–Trinajstić information content (AvgIpc) is 3.19. The average molecular weight is 415 g/mol. The molecule has 0 aromatic carbocycles. The SMILES string of the molecule is CC=C(C)C(=O)O[C@@H]1C[C@@]2(C)[C@@H](CC=C(C)[C@@H]2CCc2ccoc2)[C@](C)(C(=O)O)C1. The Labute approximate surface area is 179 Å². The van der Waals surface area contributed by atoms with Crippen molar-refractivity contribution >= 4 is 11.9 Å². The molecule has 5 heteroatoms. The number of fused-ring (bicyclic) bond motifs is 1. The maximum absolute atomic E-state index is 12.5. The van der Waals surface area contributed by atoms with Gasteiger partial charge in [0.2, 0.25) is 0 Å². The maximum atomic E-state index is 12.5. The molecule has 3 rings (SSSR count). The fourth-order valence-corrected chi connectivity index (χ4v) is 5.91. The summed E-state index contributed by atoms with van der Waals surface area (Å²) in [6, 6.07) is 1.98. The second-order valence-corrected chi connectivity index (χ2v) is 9.59. The molecule has 1 heterocycles. The van der Waals surface area contributed by atoms with Gasteiger partial charge < -0.3 is 14.3 Å². The number of esters is 1. The van der Waals surface area contributed by atoms with E-state index in [1.807, 2.05) is 13.0 Å². The molecular weight excluding hydrogens is 380 g/mol. The van der Waals surface area contributed by atoms with E-state index in [2.05, 4.69) is 19.9 Å². The van der Waals surface area contributed by atoms with Gasteiger partial charge in [0.05, 0.1) is 17.9 Å². The number of ether oxygens (including phenoxy) is 1. The Bertz CT molecular complexity index is 849. The molecule has 30 heavy (non-hydrogen) atoms. The number of carbonyl (C=O) groups is 2. The zero-order valence-corrected chi connectivity index (χ0v) is 18.7. The normalized spacial score (nSPS) is 34.1. The van der Waals surface area contributed by atoms with Gasteiger partial charge >= 0.3 is 11.9 Å². The van der Waals surface area contributed by atoms with Crippen molar-refractivity contribution in [3.63, 3.8) is 0 Å². The second kappa shape index (κ2) is 8.44. The third-order valence-corrected chi connectivity index (χ3v) is 7.72. The van der Waals surface area contributed by atoms with E-state index in [0.29, 0.717) is 18.4 Å². The van der Waals surface area contributed by atoms with Crippen molar-refractivity contribution in [1.82, 2.24) is 0 Å². The number of hydrogen-bond donors (Lipinski definition) is 1. The summed E-state index contributed by atoms with van der Waals surface area (Å²) in [6.45, 7) is 9.73. The highest BCUT2D eigenvalue weighted by Crippen LogP contribution is 2.61. The summed E-state index contributed by atoms with van der Waals surface area (Å²) in [5.41, 5.74) is 1.81. The predicted molar refractivity (Wildman–Crippen MR) is 115 cm³/mol. The van der Waals surface area contributed by atoms with Crippen molar-refractivity contribution in [1.29, 1.82) is 0 Å². The highest BCUT2D eigenvalue weighted by molar-refractivity contribution is 5.87. The van der Waals surface area contributed by atoms with Crippen LogP contribution in [0.25, 0.3) is 0 Å². The molecule has 1 aromatic heterocycles. The van der Waals surface area contributed by atoms with Crippen molar-refractivity contribution in [2.75, 3.05) is 0 Å². The Kier molecular flexibility index (Phi) is 6.30. The summed E-state index contributed by atoms with van der Waals surface area (Å²) in [7, 11) is 0. The minimum Gasteiger partial charge on any atom is -0.481 e. The zero-order valence-electron chi connectivity index (χ0n) is 18.7. The van der Waals surface area contributed by atoms with E-state index < -0.39 is 17.5 Å². The van der Waals surface area contributed by atoms with Crippen LogP contribution in [0.5, 0.6) is 0 Å². The first-order chi connectivity index (χ1) is 14.1. The van der Waals surface area contributed by atoms with E-state index in [-0.39, 0.29) is 23.2 Å². The molecule has 0 radical (unpaired) electrons. The molecule has 2 aliphatic carbocycles. The molecule has 0 bridgehead atoms. The first-order valence-corrected chi connectivity index (χ1v) is 10.9. The van der Waals surface area contributed by atoms with Gasteiger partial charge in [-0.25, -0.2) is 4.79 Å². The minimum absolute atomic E-state index is 0.00156. The van der Waals surface area contributed by atoms with Crippen molar-refractivity contribution in [2.24, 2.45) is 22.7 Å². The summed E-state index contributed by atoms with van der Waals surface area (Å²) in [6.07, 6.45) is 10.6. The summed E-state index contributed by atoms with van der Waals surface area (Å²) >= 11 is 0. The monoisotopic (exact) mass is 414 g/mol. The molecule has 5 nitrogen and oxygen atoms in total. The van der Waals surface area contributed by atoms with E-state index in [9.17, 15) is 14.7 Å². The molecular formula is C25H34O5. The van der Waals surface area contributed by atoms with Gasteiger partial charge in [-0.05, 0) is 82.3 Å². The predicted octanol–water partition coefficient (Wildman–Crippen LogP) is 5.56. The number of furan rings is 1. The highest BCUT2D eigenvalue weighted by Gasteiger charge is 2.59. The molecule has 1 aromatic rings. The smallest absolute Gasteiger partial charge is 0.333 e. The number of hydrogen-bond acceptors (Lipinski definition) is 4. The van der Waals surface area contributed by atoms with Gasteiger partial charge in [-0.15, -0.1) is 0 Å². The maximum Gasteiger partial charge on any atom is 0.333 e. The molecule has 5 atom stereocenters. The number of carboxylic acids is 1. The Morgan fingerprint density at radius 1 is 1.33 bits per heavy atom. The largest absolute Gasteiger partial charge is 0.481 e. The van der Waals surface area contributed by atoms with E-state index >= 15 is 0 Å². The van der Waals surface area contributed by atoms with Crippen LogP contribution in [0.3, 0.4) is 0 Å². The van der Waals surface area contributed by atoms with Crippen LogP contribution >= 0.6 is 0 Å². The lowest BCUT2D eigenvalue weighted by molar-refractivity contribution is -0.179. The van der Waals surface area contributed by atoms with Gasteiger partial charge in [-0.3, -0.25) is 4.79 Å². The van der Waals surface area contributed by atoms with Gasteiger partial charge in [0.1, 0.15) is 6.10 Å². The Morgan fingerprint density at radius 2 is 2.07 bits per heavy atom. The molecule has 1 N–H and O–H groups in total. The van der Waals surface area contributed by atoms with E-state index in [4.69, 9.17) is 9.15 Å². The first-order valence-electron chi connectivity index (χ1n) is 10.9. The van der Waals surface area contributed by atoms with Crippen LogP contribution in [0.1, 0.15) is 65.9 Å². The Hall–Kier alpha value is -2.30. The molecule has 2 aliphatic rings. The fourth-order valence-electron chi connectivity index (χ4n) is 5.91. The third kappa shape index (κ3) is 3.99. The molecule has 164 valence electrons. The molecule has 1 saturated carbocycles. The standard InChI is InChI=1S/C25H34O5/c1-6-16(2)22(26)30-19-13-24(4)20(9-8-18-11-12-29-15-18)17(3)7-10-21(24)25(5,14-19)23(27)28/h6-7,11-12,15,19-21H,8-10,13-14H2,1-5H3,(H,27,28)/t19-,20+,21-,24-,25-/m1/s1. The first kappa shape index (κ1) is 22.4. The molecule has 0 amide bonds. The van der Waals surface area contributed by atoms with Crippen LogP contribution in [0.4, 0.5) is 0 Å². The van der Waals surface area contributed by atoms with Crippen molar-refractivity contribution in [3.05, 3.63) is 47.5 Å². The molecule has 0 saturated heterocycles. The number of aliphatic carboxylic acids is 1. The van der Waals surface area contributed by atoms with Crippen LogP contribution in [-0.4, -0.2) is 23.1 Å². The summed E-state index contributed by atoms with van der Waals surface area (Å²) < 4.78 is 11.0. The van der Waals surface area contributed by atoms with E-state index in [0.717, 1.165) is 24.8 Å². The minimum atomic E-state index is -0.938. The van der Waals surface area contributed by atoms with Crippen LogP contribution in [0.15, 0.2) is 46.3 Å².